The molecule has 0 aliphatic carbocycles. The molecule has 3 heteroatoms. The molecule has 1 aliphatic rings. The van der Waals surface area contributed by atoms with Gasteiger partial charge in [-0.1, -0.05) is 12.1 Å². The van der Waals surface area contributed by atoms with Crippen molar-refractivity contribution in [3.63, 3.8) is 0 Å². The van der Waals surface area contributed by atoms with Crippen molar-refractivity contribution in [3.8, 4) is 0 Å². The van der Waals surface area contributed by atoms with Gasteiger partial charge in [0.2, 0.25) is 0 Å². The van der Waals surface area contributed by atoms with Crippen LogP contribution in [0.2, 0.25) is 0 Å². The van der Waals surface area contributed by atoms with Gasteiger partial charge in [-0.15, -0.1) is 11.8 Å². The van der Waals surface area contributed by atoms with Gasteiger partial charge in [-0.3, -0.25) is 4.90 Å². The Morgan fingerprint density at radius 1 is 1.38 bits per heavy atom. The van der Waals surface area contributed by atoms with Crippen LogP contribution in [0.3, 0.4) is 0 Å². The number of hydrogen-bond acceptors (Lipinski definition) is 3. The zero-order chi connectivity index (χ0) is 11.4. The standard InChI is InChI=1S/C13H20N2S/c1-11-9-14-7-8-15(11)10-12-3-5-13(16-2)6-4-12/h3-6,11,14H,7-10H2,1-2H3/t11-/m0/s1. The SMILES string of the molecule is CSc1ccc(CN2CCNC[C@@H]2C)cc1. The summed E-state index contributed by atoms with van der Waals surface area (Å²) in [7, 11) is 0. The predicted molar refractivity (Wildman–Crippen MR) is 71.0 cm³/mol. The first-order valence-electron chi connectivity index (χ1n) is 5.87. The monoisotopic (exact) mass is 236 g/mol. The van der Waals surface area contributed by atoms with E-state index in [1.165, 1.54) is 10.5 Å². The van der Waals surface area contributed by atoms with Crippen LogP contribution in [0.15, 0.2) is 29.2 Å². The van der Waals surface area contributed by atoms with Gasteiger partial charge >= 0.3 is 0 Å². The summed E-state index contributed by atoms with van der Waals surface area (Å²) in [5, 5.41) is 3.42. The third-order valence-electron chi connectivity index (χ3n) is 3.18. The number of rotatable bonds is 3. The maximum atomic E-state index is 3.42. The van der Waals surface area contributed by atoms with Crippen LogP contribution >= 0.6 is 11.8 Å². The second-order valence-corrected chi connectivity index (χ2v) is 5.25. The fourth-order valence-electron chi connectivity index (χ4n) is 2.08. The molecular formula is C13H20N2S. The second kappa shape index (κ2) is 5.71. The maximum absolute atomic E-state index is 3.42. The molecule has 0 radical (unpaired) electrons. The maximum Gasteiger partial charge on any atom is 0.0237 e. The molecule has 2 nitrogen and oxygen atoms in total. The minimum absolute atomic E-state index is 0.647. The van der Waals surface area contributed by atoms with Crippen molar-refractivity contribution < 1.29 is 0 Å². The van der Waals surface area contributed by atoms with E-state index in [2.05, 4.69) is 47.7 Å². The Balaban J connectivity index is 1.96. The van der Waals surface area contributed by atoms with Gasteiger partial charge in [-0.25, -0.2) is 0 Å². The van der Waals surface area contributed by atoms with E-state index in [1.807, 2.05) is 0 Å². The highest BCUT2D eigenvalue weighted by atomic mass is 32.2. The summed E-state index contributed by atoms with van der Waals surface area (Å²) >= 11 is 1.80. The van der Waals surface area contributed by atoms with Gasteiger partial charge in [-0.05, 0) is 30.9 Å². The lowest BCUT2D eigenvalue weighted by molar-refractivity contribution is 0.165. The lowest BCUT2D eigenvalue weighted by atomic mass is 10.1. The summed E-state index contributed by atoms with van der Waals surface area (Å²) < 4.78 is 0. The first-order chi connectivity index (χ1) is 7.79. The number of nitrogens with zero attached hydrogens (tertiary/aromatic N) is 1. The lowest BCUT2D eigenvalue weighted by Gasteiger charge is -2.33. The Hall–Kier alpha value is -0.510. The largest absolute Gasteiger partial charge is 0.314 e. The van der Waals surface area contributed by atoms with Gasteiger partial charge in [0.25, 0.3) is 0 Å². The molecule has 0 bridgehead atoms. The summed E-state index contributed by atoms with van der Waals surface area (Å²) in [6.07, 6.45) is 2.12. The van der Waals surface area contributed by atoms with Gasteiger partial charge in [0.15, 0.2) is 0 Å². The topological polar surface area (TPSA) is 15.3 Å². The smallest absolute Gasteiger partial charge is 0.0237 e. The molecule has 0 amide bonds. The summed E-state index contributed by atoms with van der Waals surface area (Å²) in [4.78, 5) is 3.89. The van der Waals surface area contributed by atoms with Crippen LogP contribution in [0.1, 0.15) is 12.5 Å². The number of nitrogens with one attached hydrogen (secondary N) is 1. The first-order valence-corrected chi connectivity index (χ1v) is 7.10. The van der Waals surface area contributed by atoms with Crippen molar-refractivity contribution in [2.75, 3.05) is 25.9 Å². The molecule has 2 rings (SSSR count). The molecule has 1 atom stereocenters. The zero-order valence-electron chi connectivity index (χ0n) is 10.1. The highest BCUT2D eigenvalue weighted by Crippen LogP contribution is 2.16. The Morgan fingerprint density at radius 3 is 2.75 bits per heavy atom. The van der Waals surface area contributed by atoms with E-state index in [9.17, 15) is 0 Å². The van der Waals surface area contributed by atoms with Crippen molar-refractivity contribution in [1.29, 1.82) is 0 Å². The van der Waals surface area contributed by atoms with Gasteiger partial charge in [0.05, 0.1) is 0 Å². The van der Waals surface area contributed by atoms with Crippen LogP contribution < -0.4 is 5.32 Å². The molecule has 0 spiro atoms. The zero-order valence-corrected chi connectivity index (χ0v) is 10.9. The molecule has 1 heterocycles. The molecule has 0 saturated carbocycles. The van der Waals surface area contributed by atoms with E-state index in [1.54, 1.807) is 11.8 Å². The van der Waals surface area contributed by atoms with Crippen LogP contribution in [0, 0.1) is 0 Å². The van der Waals surface area contributed by atoms with Crippen molar-refractivity contribution in [1.82, 2.24) is 10.2 Å². The van der Waals surface area contributed by atoms with E-state index < -0.39 is 0 Å². The lowest BCUT2D eigenvalue weighted by Crippen LogP contribution is -2.49. The molecule has 0 unspecified atom stereocenters. The second-order valence-electron chi connectivity index (χ2n) is 4.37. The average Bonchev–Trinajstić information content (AvgIpc) is 2.33. The van der Waals surface area contributed by atoms with Gasteiger partial charge in [-0.2, -0.15) is 0 Å². The number of piperazine rings is 1. The fraction of sp³-hybridized carbons (Fsp3) is 0.538. The summed E-state index contributed by atoms with van der Waals surface area (Å²) in [6, 6.07) is 9.58. The fourth-order valence-corrected chi connectivity index (χ4v) is 2.49. The minimum atomic E-state index is 0.647. The van der Waals surface area contributed by atoms with Crippen LogP contribution in [0.25, 0.3) is 0 Å². The van der Waals surface area contributed by atoms with E-state index in [-0.39, 0.29) is 0 Å². The third-order valence-corrected chi connectivity index (χ3v) is 3.93. The van der Waals surface area contributed by atoms with E-state index in [0.29, 0.717) is 6.04 Å². The van der Waals surface area contributed by atoms with Crippen LogP contribution in [0.4, 0.5) is 0 Å². The third kappa shape index (κ3) is 3.00. The molecule has 1 aliphatic heterocycles. The highest BCUT2D eigenvalue weighted by molar-refractivity contribution is 7.98. The molecule has 1 aromatic rings. The minimum Gasteiger partial charge on any atom is -0.314 e. The van der Waals surface area contributed by atoms with E-state index in [0.717, 1.165) is 26.2 Å². The first kappa shape index (κ1) is 12.0. The molecule has 1 fully saturated rings. The predicted octanol–water partition coefficient (Wildman–Crippen LogP) is 2.20. The summed E-state index contributed by atoms with van der Waals surface area (Å²) in [5.41, 5.74) is 1.42. The van der Waals surface area contributed by atoms with Crippen molar-refractivity contribution in [2.45, 2.75) is 24.4 Å². The molecule has 1 N–H and O–H groups in total. The molecule has 1 aromatic carbocycles. The molecular weight excluding hydrogens is 216 g/mol. The Kier molecular flexibility index (Phi) is 4.27. The quantitative estimate of drug-likeness (QED) is 0.810. The molecule has 0 aromatic heterocycles. The van der Waals surface area contributed by atoms with E-state index >= 15 is 0 Å². The highest BCUT2D eigenvalue weighted by Gasteiger charge is 2.17. The van der Waals surface area contributed by atoms with Gasteiger partial charge < -0.3 is 5.32 Å². The van der Waals surface area contributed by atoms with Crippen LogP contribution in [-0.4, -0.2) is 36.8 Å². The van der Waals surface area contributed by atoms with Crippen LogP contribution in [-0.2, 0) is 6.54 Å². The number of benzene rings is 1. The van der Waals surface area contributed by atoms with Crippen molar-refractivity contribution >= 4 is 11.8 Å². The molecule has 1 saturated heterocycles. The summed E-state index contributed by atoms with van der Waals surface area (Å²) in [6.45, 7) is 6.77. The van der Waals surface area contributed by atoms with Crippen molar-refractivity contribution in [2.24, 2.45) is 0 Å². The number of thioether (sulfide) groups is 1. The normalized spacial score (nSPS) is 22.2. The molecule has 88 valence electrons. The molecule has 16 heavy (non-hydrogen) atoms. The van der Waals surface area contributed by atoms with Crippen LogP contribution in [0.5, 0.6) is 0 Å². The number of hydrogen-bond donors (Lipinski definition) is 1. The summed E-state index contributed by atoms with van der Waals surface area (Å²) in [5.74, 6) is 0. The average molecular weight is 236 g/mol. The van der Waals surface area contributed by atoms with Gasteiger partial charge in [0.1, 0.15) is 0 Å². The van der Waals surface area contributed by atoms with E-state index in [4.69, 9.17) is 0 Å². The Bertz CT molecular complexity index is 323. The Morgan fingerprint density at radius 2 is 2.12 bits per heavy atom. The van der Waals surface area contributed by atoms with Crippen molar-refractivity contribution in [3.05, 3.63) is 29.8 Å². The van der Waals surface area contributed by atoms with Gasteiger partial charge in [0, 0.05) is 37.1 Å². The Labute approximate surface area is 102 Å².